The lowest BCUT2D eigenvalue weighted by atomic mass is 10.1. The second-order valence-corrected chi connectivity index (χ2v) is 4.40. The molecule has 0 heterocycles. The van der Waals surface area contributed by atoms with Gasteiger partial charge in [0.25, 0.3) is 0 Å². The third kappa shape index (κ3) is 10.4. The van der Waals surface area contributed by atoms with Crippen LogP contribution in [0.25, 0.3) is 0 Å². The lowest BCUT2D eigenvalue weighted by molar-refractivity contribution is 0.155. The predicted octanol–water partition coefficient (Wildman–Crippen LogP) is 0.873. The van der Waals surface area contributed by atoms with Gasteiger partial charge in [-0.15, -0.1) is 0 Å². The minimum absolute atomic E-state index is 0.506. The molecule has 98 valence electrons. The first kappa shape index (κ1) is 15.8. The number of hydrogen-bond acceptors (Lipinski definition) is 4. The van der Waals surface area contributed by atoms with Crippen LogP contribution >= 0.6 is 0 Å². The van der Waals surface area contributed by atoms with Crippen molar-refractivity contribution in [3.8, 4) is 0 Å². The van der Waals surface area contributed by atoms with Crippen LogP contribution in [0.3, 0.4) is 0 Å². The Hall–Kier alpha value is -0.160. The number of rotatable bonds is 11. The molecule has 0 amide bonds. The molecule has 0 aliphatic heterocycles. The molecule has 0 aliphatic rings. The summed E-state index contributed by atoms with van der Waals surface area (Å²) in [6, 6.07) is 0.506. The van der Waals surface area contributed by atoms with Crippen LogP contribution in [-0.4, -0.2) is 53.1 Å². The molecule has 4 heteroatoms. The van der Waals surface area contributed by atoms with E-state index in [2.05, 4.69) is 24.5 Å². The van der Waals surface area contributed by atoms with Gasteiger partial charge in [-0.1, -0.05) is 6.92 Å². The molecule has 0 aromatic heterocycles. The maximum absolute atomic E-state index is 5.10. The average molecular weight is 232 g/mol. The highest BCUT2D eigenvalue weighted by molar-refractivity contribution is 4.65. The van der Waals surface area contributed by atoms with E-state index in [0.29, 0.717) is 12.0 Å². The Bertz CT molecular complexity index is 145. The molecular formula is C12H28N2O2. The summed E-state index contributed by atoms with van der Waals surface area (Å²) in [5, 5.41) is 6.83. The molecule has 0 saturated carbocycles. The molecule has 4 nitrogen and oxygen atoms in total. The van der Waals surface area contributed by atoms with Crippen molar-refractivity contribution in [1.82, 2.24) is 10.6 Å². The van der Waals surface area contributed by atoms with Crippen LogP contribution in [0.15, 0.2) is 0 Å². The Kier molecular flexibility index (Phi) is 11.2. The number of ether oxygens (including phenoxy) is 2. The van der Waals surface area contributed by atoms with Gasteiger partial charge in [-0.25, -0.2) is 0 Å². The van der Waals surface area contributed by atoms with Crippen LogP contribution in [0.4, 0.5) is 0 Å². The normalized spacial score (nSPS) is 15.0. The monoisotopic (exact) mass is 232 g/mol. The fraction of sp³-hybridized carbons (Fsp3) is 1.00. The zero-order valence-electron chi connectivity index (χ0n) is 11.2. The quantitative estimate of drug-likeness (QED) is 0.519. The molecule has 0 radical (unpaired) electrons. The van der Waals surface area contributed by atoms with Crippen LogP contribution in [0.2, 0.25) is 0 Å². The van der Waals surface area contributed by atoms with E-state index < -0.39 is 0 Å². The van der Waals surface area contributed by atoms with Gasteiger partial charge in [-0.3, -0.25) is 0 Å². The fourth-order valence-electron chi connectivity index (χ4n) is 1.51. The summed E-state index contributed by atoms with van der Waals surface area (Å²) in [4.78, 5) is 0. The van der Waals surface area contributed by atoms with Crippen LogP contribution in [0.1, 0.15) is 20.3 Å². The average Bonchev–Trinajstić information content (AvgIpc) is 2.25. The Labute approximate surface area is 100 Å². The molecule has 16 heavy (non-hydrogen) atoms. The Morgan fingerprint density at radius 3 is 2.44 bits per heavy atom. The van der Waals surface area contributed by atoms with Gasteiger partial charge in [0, 0.05) is 40.0 Å². The standard InChI is InChI=1S/C12H28N2O2/c1-11(10-16-4)5-6-14-12(2)9-13-7-8-15-3/h11-14H,5-10H2,1-4H3. The maximum Gasteiger partial charge on any atom is 0.0587 e. The molecule has 0 spiro atoms. The smallest absolute Gasteiger partial charge is 0.0587 e. The number of methoxy groups -OCH3 is 2. The van der Waals surface area contributed by atoms with Crippen molar-refractivity contribution in [2.75, 3.05) is 47.1 Å². The Morgan fingerprint density at radius 2 is 1.81 bits per heavy atom. The Balaban J connectivity index is 3.26. The third-order valence-corrected chi connectivity index (χ3v) is 2.51. The molecule has 0 aromatic rings. The van der Waals surface area contributed by atoms with Gasteiger partial charge in [0.05, 0.1) is 6.61 Å². The summed E-state index contributed by atoms with van der Waals surface area (Å²) < 4.78 is 10.1. The van der Waals surface area contributed by atoms with Crippen LogP contribution in [0.5, 0.6) is 0 Å². The first-order valence-electron chi connectivity index (χ1n) is 6.12. The SMILES string of the molecule is COCCNCC(C)NCCC(C)COC. The summed E-state index contributed by atoms with van der Waals surface area (Å²) in [5.74, 6) is 0.631. The van der Waals surface area contributed by atoms with Crippen molar-refractivity contribution in [2.24, 2.45) is 5.92 Å². The van der Waals surface area contributed by atoms with Gasteiger partial charge in [0.1, 0.15) is 0 Å². The van der Waals surface area contributed by atoms with Gasteiger partial charge in [-0.2, -0.15) is 0 Å². The lowest BCUT2D eigenvalue weighted by Gasteiger charge is -2.16. The van der Waals surface area contributed by atoms with E-state index in [1.54, 1.807) is 14.2 Å². The van der Waals surface area contributed by atoms with E-state index in [9.17, 15) is 0 Å². The summed E-state index contributed by atoms with van der Waals surface area (Å²) >= 11 is 0. The van der Waals surface area contributed by atoms with Crippen molar-refractivity contribution < 1.29 is 9.47 Å². The minimum atomic E-state index is 0.506. The molecule has 0 saturated heterocycles. The largest absolute Gasteiger partial charge is 0.384 e. The topological polar surface area (TPSA) is 42.5 Å². The van der Waals surface area contributed by atoms with E-state index in [1.807, 2.05) is 0 Å². The minimum Gasteiger partial charge on any atom is -0.384 e. The molecule has 0 fully saturated rings. The van der Waals surface area contributed by atoms with Gasteiger partial charge in [0.15, 0.2) is 0 Å². The molecule has 2 unspecified atom stereocenters. The van der Waals surface area contributed by atoms with Gasteiger partial charge >= 0.3 is 0 Å². The van der Waals surface area contributed by atoms with Gasteiger partial charge < -0.3 is 20.1 Å². The summed E-state index contributed by atoms with van der Waals surface area (Å²) in [6.07, 6.45) is 1.16. The Morgan fingerprint density at radius 1 is 1.06 bits per heavy atom. The molecular weight excluding hydrogens is 204 g/mol. The summed E-state index contributed by atoms with van der Waals surface area (Å²) in [6.45, 7) is 9.00. The molecule has 2 N–H and O–H groups in total. The summed E-state index contributed by atoms with van der Waals surface area (Å²) in [7, 11) is 3.48. The molecule has 0 aromatic carbocycles. The fourth-order valence-corrected chi connectivity index (χ4v) is 1.51. The van der Waals surface area contributed by atoms with Gasteiger partial charge in [-0.05, 0) is 25.8 Å². The van der Waals surface area contributed by atoms with E-state index in [4.69, 9.17) is 9.47 Å². The zero-order chi connectivity index (χ0) is 12.2. The molecule has 2 atom stereocenters. The highest BCUT2D eigenvalue weighted by Crippen LogP contribution is 2.00. The second kappa shape index (κ2) is 11.3. The van der Waals surface area contributed by atoms with Crippen LogP contribution in [-0.2, 0) is 9.47 Å². The zero-order valence-corrected chi connectivity index (χ0v) is 11.2. The summed E-state index contributed by atoms with van der Waals surface area (Å²) in [5.41, 5.74) is 0. The first-order valence-corrected chi connectivity index (χ1v) is 6.12. The van der Waals surface area contributed by atoms with Crippen molar-refractivity contribution in [1.29, 1.82) is 0 Å². The molecule has 0 rings (SSSR count). The predicted molar refractivity (Wildman–Crippen MR) is 67.9 cm³/mol. The van der Waals surface area contributed by atoms with E-state index in [-0.39, 0.29) is 0 Å². The highest BCUT2D eigenvalue weighted by atomic mass is 16.5. The molecule has 0 aliphatic carbocycles. The number of nitrogens with one attached hydrogen (secondary N) is 2. The van der Waals surface area contributed by atoms with Gasteiger partial charge in [0.2, 0.25) is 0 Å². The van der Waals surface area contributed by atoms with E-state index in [1.165, 1.54) is 0 Å². The molecule has 0 bridgehead atoms. The van der Waals surface area contributed by atoms with Crippen molar-refractivity contribution in [3.05, 3.63) is 0 Å². The lowest BCUT2D eigenvalue weighted by Crippen LogP contribution is -2.38. The first-order chi connectivity index (χ1) is 7.70. The second-order valence-electron chi connectivity index (χ2n) is 4.40. The van der Waals surface area contributed by atoms with E-state index in [0.717, 1.165) is 39.3 Å². The van der Waals surface area contributed by atoms with Crippen molar-refractivity contribution in [2.45, 2.75) is 26.3 Å². The van der Waals surface area contributed by atoms with Crippen molar-refractivity contribution in [3.63, 3.8) is 0 Å². The van der Waals surface area contributed by atoms with Crippen molar-refractivity contribution >= 4 is 0 Å². The van der Waals surface area contributed by atoms with E-state index >= 15 is 0 Å². The number of hydrogen-bond donors (Lipinski definition) is 2. The van der Waals surface area contributed by atoms with Crippen LogP contribution < -0.4 is 10.6 Å². The highest BCUT2D eigenvalue weighted by Gasteiger charge is 2.03. The third-order valence-electron chi connectivity index (χ3n) is 2.51. The van der Waals surface area contributed by atoms with Crippen LogP contribution in [0, 0.1) is 5.92 Å². The maximum atomic E-state index is 5.10.